The summed E-state index contributed by atoms with van der Waals surface area (Å²) < 4.78 is 3.44. The molecule has 7 nitrogen and oxygen atoms in total. The van der Waals surface area contributed by atoms with E-state index in [9.17, 15) is 4.79 Å². The Morgan fingerprint density at radius 1 is 1.53 bits per heavy atom. The van der Waals surface area contributed by atoms with E-state index in [1.165, 1.54) is 11.8 Å². The van der Waals surface area contributed by atoms with Crippen molar-refractivity contribution in [1.29, 1.82) is 0 Å². The van der Waals surface area contributed by atoms with Crippen molar-refractivity contribution in [1.82, 2.24) is 24.3 Å². The van der Waals surface area contributed by atoms with Crippen LogP contribution in [-0.4, -0.2) is 41.1 Å². The lowest BCUT2D eigenvalue weighted by Gasteiger charge is -2.03. The third-order valence-corrected chi connectivity index (χ3v) is 2.95. The molecule has 0 amide bonds. The third kappa shape index (κ3) is 3.06. The summed E-state index contributed by atoms with van der Waals surface area (Å²) in [5, 5.41) is 13.4. The number of carbonyl (C=O) groups is 1. The molecule has 2 heterocycles. The fourth-order valence-corrected chi connectivity index (χ4v) is 1.97. The van der Waals surface area contributed by atoms with Gasteiger partial charge in [0.25, 0.3) is 0 Å². The topological polar surface area (TPSA) is 85.8 Å². The van der Waals surface area contributed by atoms with Crippen molar-refractivity contribution in [2.24, 2.45) is 7.05 Å². The lowest BCUT2D eigenvalue weighted by atomic mass is 10.6. The first-order chi connectivity index (χ1) is 8.15. The number of aromatic nitrogens is 5. The minimum atomic E-state index is -0.861. The van der Waals surface area contributed by atoms with Gasteiger partial charge in [-0.05, 0) is 0 Å². The number of carboxylic acid groups (broad SMARTS) is 1. The molecule has 0 aliphatic carbocycles. The van der Waals surface area contributed by atoms with E-state index in [1.807, 2.05) is 4.57 Å². The first-order valence-electron chi connectivity index (χ1n) is 4.85. The molecule has 0 unspecified atom stereocenters. The first kappa shape index (κ1) is 11.6. The molecule has 0 spiro atoms. The number of rotatable bonds is 5. The molecule has 0 fully saturated rings. The Balaban J connectivity index is 2.06. The lowest BCUT2D eigenvalue weighted by molar-refractivity contribution is -0.133. The number of hydrogen-bond donors (Lipinski definition) is 1. The van der Waals surface area contributed by atoms with Crippen molar-refractivity contribution in [2.45, 2.75) is 11.7 Å². The highest BCUT2D eigenvalue weighted by molar-refractivity contribution is 7.99. The Labute approximate surface area is 101 Å². The zero-order valence-electron chi connectivity index (χ0n) is 9.15. The van der Waals surface area contributed by atoms with Gasteiger partial charge in [0.1, 0.15) is 6.33 Å². The highest BCUT2D eigenvalue weighted by Crippen LogP contribution is 2.15. The van der Waals surface area contributed by atoms with Gasteiger partial charge in [0.2, 0.25) is 0 Å². The molecule has 17 heavy (non-hydrogen) atoms. The number of thioether (sulfide) groups is 1. The minimum absolute atomic E-state index is 0.00728. The van der Waals surface area contributed by atoms with Crippen LogP contribution in [0.2, 0.25) is 0 Å². The van der Waals surface area contributed by atoms with Gasteiger partial charge in [-0.3, -0.25) is 9.48 Å². The standard InChI is InChI=1S/C9H11N5O2S/c1-13-6-11-7(12-13)4-14-3-2-10-9(14)17-5-8(15)16/h2-3,6H,4-5H2,1H3,(H,15,16). The average molecular weight is 253 g/mol. The quantitative estimate of drug-likeness (QED) is 0.768. The maximum Gasteiger partial charge on any atom is 0.313 e. The van der Waals surface area contributed by atoms with Gasteiger partial charge in [-0.1, -0.05) is 11.8 Å². The van der Waals surface area contributed by atoms with Gasteiger partial charge in [0.05, 0.1) is 12.3 Å². The van der Waals surface area contributed by atoms with Crippen molar-refractivity contribution < 1.29 is 9.90 Å². The van der Waals surface area contributed by atoms with Gasteiger partial charge < -0.3 is 9.67 Å². The summed E-state index contributed by atoms with van der Waals surface area (Å²) in [7, 11) is 1.80. The Morgan fingerprint density at radius 2 is 2.35 bits per heavy atom. The molecule has 0 aromatic carbocycles. The average Bonchev–Trinajstić information content (AvgIpc) is 2.86. The van der Waals surface area contributed by atoms with Crippen LogP contribution in [0.4, 0.5) is 0 Å². The number of hydrogen-bond acceptors (Lipinski definition) is 5. The summed E-state index contributed by atoms with van der Waals surface area (Å²) in [6.07, 6.45) is 5.03. The van der Waals surface area contributed by atoms with E-state index in [0.29, 0.717) is 17.5 Å². The number of aliphatic carboxylic acids is 1. The number of aryl methyl sites for hydroxylation is 1. The molecule has 0 saturated carbocycles. The number of imidazole rings is 1. The zero-order chi connectivity index (χ0) is 12.3. The predicted molar refractivity (Wildman–Crippen MR) is 60.7 cm³/mol. The molecule has 0 saturated heterocycles. The molecule has 0 aliphatic heterocycles. The summed E-state index contributed by atoms with van der Waals surface area (Å²) in [4.78, 5) is 18.7. The van der Waals surface area contributed by atoms with Crippen LogP contribution in [-0.2, 0) is 18.4 Å². The summed E-state index contributed by atoms with van der Waals surface area (Å²) in [6.45, 7) is 0.489. The maximum atomic E-state index is 10.5. The highest BCUT2D eigenvalue weighted by atomic mass is 32.2. The SMILES string of the molecule is Cn1cnc(Cn2ccnc2SCC(=O)O)n1. The normalized spacial score (nSPS) is 10.6. The van der Waals surface area contributed by atoms with Crippen molar-refractivity contribution in [2.75, 3.05) is 5.75 Å². The van der Waals surface area contributed by atoms with E-state index < -0.39 is 5.97 Å². The van der Waals surface area contributed by atoms with Crippen molar-refractivity contribution >= 4 is 17.7 Å². The molecule has 0 aliphatic rings. The van der Waals surface area contributed by atoms with Crippen LogP contribution in [0.3, 0.4) is 0 Å². The van der Waals surface area contributed by atoms with E-state index >= 15 is 0 Å². The number of carboxylic acids is 1. The van der Waals surface area contributed by atoms with Crippen LogP contribution >= 0.6 is 11.8 Å². The monoisotopic (exact) mass is 253 g/mol. The van der Waals surface area contributed by atoms with Crippen LogP contribution in [0.15, 0.2) is 23.9 Å². The molecular weight excluding hydrogens is 242 g/mol. The molecule has 0 atom stereocenters. The second-order valence-corrected chi connectivity index (χ2v) is 4.30. The van der Waals surface area contributed by atoms with Gasteiger partial charge in [-0.15, -0.1) is 0 Å². The van der Waals surface area contributed by atoms with Crippen LogP contribution < -0.4 is 0 Å². The van der Waals surface area contributed by atoms with Crippen LogP contribution in [0.1, 0.15) is 5.82 Å². The Kier molecular flexibility index (Phi) is 3.43. The molecule has 90 valence electrons. The molecule has 0 radical (unpaired) electrons. The van der Waals surface area contributed by atoms with Crippen molar-refractivity contribution in [3.8, 4) is 0 Å². The van der Waals surface area contributed by atoms with E-state index in [4.69, 9.17) is 5.11 Å². The van der Waals surface area contributed by atoms with E-state index in [0.717, 1.165) is 0 Å². The van der Waals surface area contributed by atoms with Gasteiger partial charge in [0.15, 0.2) is 11.0 Å². The smallest absolute Gasteiger partial charge is 0.313 e. The van der Waals surface area contributed by atoms with Gasteiger partial charge in [0, 0.05) is 19.4 Å². The van der Waals surface area contributed by atoms with Crippen molar-refractivity contribution in [3.05, 3.63) is 24.5 Å². The summed E-state index contributed by atoms with van der Waals surface area (Å²) >= 11 is 1.18. The molecule has 2 aromatic heterocycles. The Bertz CT molecular complexity index is 521. The molecular formula is C9H11N5O2S. The molecule has 2 rings (SSSR count). The maximum absolute atomic E-state index is 10.5. The summed E-state index contributed by atoms with van der Waals surface area (Å²) in [5.41, 5.74) is 0. The Hall–Kier alpha value is -1.83. The zero-order valence-corrected chi connectivity index (χ0v) is 9.96. The van der Waals surface area contributed by atoms with Crippen LogP contribution in [0, 0.1) is 0 Å². The van der Waals surface area contributed by atoms with Gasteiger partial charge >= 0.3 is 5.97 Å². The molecule has 0 bridgehead atoms. The second-order valence-electron chi connectivity index (χ2n) is 3.35. The first-order valence-corrected chi connectivity index (χ1v) is 5.84. The molecule has 8 heteroatoms. The molecule has 1 N–H and O–H groups in total. The van der Waals surface area contributed by atoms with Crippen LogP contribution in [0.25, 0.3) is 0 Å². The summed E-state index contributed by atoms with van der Waals surface area (Å²) in [6, 6.07) is 0. The van der Waals surface area contributed by atoms with Gasteiger partial charge in [-0.2, -0.15) is 5.10 Å². The predicted octanol–water partition coefficient (Wildman–Crippen LogP) is 0.237. The summed E-state index contributed by atoms with van der Waals surface area (Å²) in [5.74, 6) is -0.199. The third-order valence-electron chi connectivity index (χ3n) is 1.96. The largest absolute Gasteiger partial charge is 0.481 e. The fourth-order valence-electron chi connectivity index (χ4n) is 1.29. The number of nitrogens with zero attached hydrogens (tertiary/aromatic N) is 5. The lowest BCUT2D eigenvalue weighted by Crippen LogP contribution is -2.05. The van der Waals surface area contributed by atoms with Gasteiger partial charge in [-0.25, -0.2) is 9.97 Å². The second kappa shape index (κ2) is 5.00. The fraction of sp³-hybridized carbons (Fsp3) is 0.333. The van der Waals surface area contributed by atoms with Crippen molar-refractivity contribution in [3.63, 3.8) is 0 Å². The van der Waals surface area contributed by atoms with E-state index in [2.05, 4.69) is 15.1 Å². The van der Waals surface area contributed by atoms with E-state index in [1.54, 1.807) is 30.5 Å². The Morgan fingerprint density at radius 3 is 3.00 bits per heavy atom. The molecule has 2 aromatic rings. The highest BCUT2D eigenvalue weighted by Gasteiger charge is 2.08. The van der Waals surface area contributed by atoms with Crippen LogP contribution in [0.5, 0.6) is 0 Å². The van der Waals surface area contributed by atoms with E-state index in [-0.39, 0.29) is 5.75 Å². The minimum Gasteiger partial charge on any atom is -0.481 e.